The van der Waals surface area contributed by atoms with Crippen LogP contribution in [0.4, 0.5) is 11.4 Å². The number of hydrogen-bond acceptors (Lipinski definition) is 5. The minimum atomic E-state index is -0.783. The van der Waals surface area contributed by atoms with Crippen molar-refractivity contribution in [2.24, 2.45) is 11.8 Å². The second-order valence-electron chi connectivity index (χ2n) is 7.50. The minimum Gasteiger partial charge on any atom is -0.353 e. The summed E-state index contributed by atoms with van der Waals surface area (Å²) in [5, 5.41) is 15.3. The zero-order valence-corrected chi connectivity index (χ0v) is 17.0. The van der Waals surface area contributed by atoms with E-state index in [-0.39, 0.29) is 24.1 Å². The van der Waals surface area contributed by atoms with Gasteiger partial charge in [0.15, 0.2) is 6.29 Å². The number of hydrogen-bond donors (Lipinski definition) is 5. The number of anilines is 2. The van der Waals surface area contributed by atoms with Gasteiger partial charge in [0, 0.05) is 22.8 Å². The summed E-state index contributed by atoms with van der Waals surface area (Å²) >= 11 is 5.90. The van der Waals surface area contributed by atoms with E-state index in [4.69, 9.17) is 11.6 Å². The summed E-state index contributed by atoms with van der Waals surface area (Å²) in [5.41, 5.74) is 2.44. The standard InChI is InChI=1S/C21H22ClN5O3/c1-11-2-6-13(7-3-11)23-19(29)15-10-16(28)25-18-17(15)20(30)27-21(26-18)24-14-8-4-12(22)5-9-14/h2-9,15,17-18,21,24,26H,10H2,1H3,(H,23,29)(H,25,28)(H,27,30). The molecule has 0 spiro atoms. The lowest BCUT2D eigenvalue weighted by Gasteiger charge is -2.43. The number of carbonyl (C=O) groups is 3. The summed E-state index contributed by atoms with van der Waals surface area (Å²) < 4.78 is 0. The zero-order chi connectivity index (χ0) is 21.3. The molecule has 4 atom stereocenters. The Morgan fingerprint density at radius 2 is 1.67 bits per heavy atom. The Morgan fingerprint density at radius 1 is 1.00 bits per heavy atom. The van der Waals surface area contributed by atoms with Gasteiger partial charge < -0.3 is 21.3 Å². The van der Waals surface area contributed by atoms with Crippen molar-refractivity contribution in [3.8, 4) is 0 Å². The molecule has 9 heteroatoms. The molecule has 2 aromatic rings. The summed E-state index contributed by atoms with van der Waals surface area (Å²) in [7, 11) is 0. The van der Waals surface area contributed by atoms with Crippen molar-refractivity contribution in [2.75, 3.05) is 10.6 Å². The Labute approximate surface area is 178 Å². The average Bonchev–Trinajstić information content (AvgIpc) is 2.70. The van der Waals surface area contributed by atoms with Gasteiger partial charge >= 0.3 is 0 Å². The van der Waals surface area contributed by atoms with E-state index in [0.717, 1.165) is 11.3 Å². The van der Waals surface area contributed by atoms with Gasteiger partial charge in [-0.3, -0.25) is 19.7 Å². The third-order valence-electron chi connectivity index (χ3n) is 5.26. The molecule has 2 aliphatic heterocycles. The van der Waals surface area contributed by atoms with E-state index < -0.39 is 24.3 Å². The van der Waals surface area contributed by atoms with Crippen LogP contribution in [0.2, 0.25) is 5.02 Å². The molecule has 5 N–H and O–H groups in total. The van der Waals surface area contributed by atoms with Crippen LogP contribution in [0, 0.1) is 18.8 Å². The number of aryl methyl sites for hydroxylation is 1. The maximum absolute atomic E-state index is 12.9. The fourth-order valence-electron chi connectivity index (χ4n) is 3.74. The molecule has 3 amide bonds. The van der Waals surface area contributed by atoms with Crippen molar-refractivity contribution < 1.29 is 14.4 Å². The molecule has 4 rings (SSSR count). The van der Waals surface area contributed by atoms with Crippen molar-refractivity contribution in [3.63, 3.8) is 0 Å². The number of piperidine rings is 1. The van der Waals surface area contributed by atoms with Gasteiger partial charge in [0.1, 0.15) is 0 Å². The highest BCUT2D eigenvalue weighted by molar-refractivity contribution is 6.30. The molecule has 0 aliphatic carbocycles. The first-order valence-corrected chi connectivity index (χ1v) is 10.0. The zero-order valence-electron chi connectivity index (χ0n) is 16.2. The van der Waals surface area contributed by atoms with Crippen LogP contribution in [-0.2, 0) is 14.4 Å². The number of benzene rings is 2. The Kier molecular flexibility index (Phi) is 5.61. The van der Waals surface area contributed by atoms with E-state index in [2.05, 4.69) is 26.6 Å². The lowest BCUT2D eigenvalue weighted by Crippen LogP contribution is -2.72. The molecule has 8 nitrogen and oxygen atoms in total. The SMILES string of the molecule is Cc1ccc(NC(=O)C2CC(=O)NC3NC(Nc4ccc(Cl)cc4)NC(=O)C32)cc1. The maximum atomic E-state index is 12.9. The molecule has 2 fully saturated rings. The fourth-order valence-corrected chi connectivity index (χ4v) is 3.86. The number of rotatable bonds is 4. The molecule has 0 bridgehead atoms. The second kappa shape index (κ2) is 8.33. The first-order valence-electron chi connectivity index (χ1n) is 9.64. The topological polar surface area (TPSA) is 111 Å². The number of carbonyl (C=O) groups excluding carboxylic acids is 3. The second-order valence-corrected chi connectivity index (χ2v) is 7.93. The largest absolute Gasteiger partial charge is 0.353 e. The molecule has 4 unspecified atom stereocenters. The van der Waals surface area contributed by atoms with Crippen molar-refractivity contribution in [2.45, 2.75) is 25.8 Å². The first kappa shape index (κ1) is 20.2. The van der Waals surface area contributed by atoms with Crippen molar-refractivity contribution in [1.82, 2.24) is 16.0 Å². The molecule has 0 radical (unpaired) electrons. The number of nitrogens with one attached hydrogen (secondary N) is 5. The third kappa shape index (κ3) is 4.39. The van der Waals surface area contributed by atoms with E-state index in [0.29, 0.717) is 10.7 Å². The third-order valence-corrected chi connectivity index (χ3v) is 5.51. The van der Waals surface area contributed by atoms with Gasteiger partial charge in [-0.2, -0.15) is 0 Å². The van der Waals surface area contributed by atoms with Gasteiger partial charge in [0.25, 0.3) is 0 Å². The van der Waals surface area contributed by atoms with Gasteiger partial charge in [0.2, 0.25) is 17.7 Å². The maximum Gasteiger partial charge on any atom is 0.229 e. The fraction of sp³-hybridized carbons (Fsp3) is 0.286. The monoisotopic (exact) mass is 427 g/mol. The summed E-state index contributed by atoms with van der Waals surface area (Å²) in [4.78, 5) is 38.0. The van der Waals surface area contributed by atoms with Gasteiger partial charge in [-0.1, -0.05) is 29.3 Å². The summed E-state index contributed by atoms with van der Waals surface area (Å²) in [6, 6.07) is 14.4. The van der Waals surface area contributed by atoms with Gasteiger partial charge in [0.05, 0.1) is 18.0 Å². The number of amides is 3. The van der Waals surface area contributed by atoms with E-state index in [1.807, 2.05) is 19.1 Å². The summed E-state index contributed by atoms with van der Waals surface area (Å²) in [6.07, 6.45) is -1.33. The Bertz CT molecular complexity index is 964. The Hall–Kier alpha value is -3.10. The molecule has 0 saturated carbocycles. The molecular formula is C21H22ClN5O3. The van der Waals surface area contributed by atoms with Crippen LogP contribution in [0.1, 0.15) is 12.0 Å². The van der Waals surface area contributed by atoms with E-state index in [1.165, 1.54) is 0 Å². The van der Waals surface area contributed by atoms with Gasteiger partial charge in [-0.25, -0.2) is 0 Å². The molecule has 2 aromatic carbocycles. The lowest BCUT2D eigenvalue weighted by atomic mass is 9.81. The molecule has 156 valence electrons. The highest BCUT2D eigenvalue weighted by atomic mass is 35.5. The smallest absolute Gasteiger partial charge is 0.229 e. The van der Waals surface area contributed by atoms with Crippen LogP contribution < -0.4 is 26.6 Å². The van der Waals surface area contributed by atoms with Crippen LogP contribution >= 0.6 is 11.6 Å². The predicted octanol–water partition coefficient (Wildman–Crippen LogP) is 1.78. The number of fused-ring (bicyclic) bond motifs is 1. The summed E-state index contributed by atoms with van der Waals surface area (Å²) in [5.74, 6) is -2.46. The van der Waals surface area contributed by atoms with Crippen LogP contribution in [0.15, 0.2) is 48.5 Å². The first-order chi connectivity index (χ1) is 14.4. The quantitative estimate of drug-likeness (QED) is 0.510. The molecule has 30 heavy (non-hydrogen) atoms. The average molecular weight is 428 g/mol. The number of halogens is 1. The van der Waals surface area contributed by atoms with Crippen molar-refractivity contribution >= 4 is 40.7 Å². The normalized spacial score (nSPS) is 25.5. The molecule has 2 aliphatic rings. The Morgan fingerprint density at radius 3 is 2.37 bits per heavy atom. The van der Waals surface area contributed by atoms with Crippen molar-refractivity contribution in [1.29, 1.82) is 0 Å². The summed E-state index contributed by atoms with van der Waals surface area (Å²) in [6.45, 7) is 1.95. The van der Waals surface area contributed by atoms with E-state index in [1.54, 1.807) is 36.4 Å². The Balaban J connectivity index is 1.47. The highest BCUT2D eigenvalue weighted by Gasteiger charge is 2.48. The van der Waals surface area contributed by atoms with E-state index >= 15 is 0 Å². The van der Waals surface area contributed by atoms with Crippen LogP contribution in [-0.4, -0.2) is 30.2 Å². The van der Waals surface area contributed by atoms with E-state index in [9.17, 15) is 14.4 Å². The van der Waals surface area contributed by atoms with Crippen LogP contribution in [0.25, 0.3) is 0 Å². The van der Waals surface area contributed by atoms with Crippen molar-refractivity contribution in [3.05, 3.63) is 59.1 Å². The predicted molar refractivity (Wildman–Crippen MR) is 113 cm³/mol. The molecule has 2 heterocycles. The molecule has 2 saturated heterocycles. The lowest BCUT2D eigenvalue weighted by molar-refractivity contribution is -0.144. The van der Waals surface area contributed by atoms with Gasteiger partial charge in [-0.15, -0.1) is 0 Å². The molecular weight excluding hydrogens is 406 g/mol. The molecule has 0 aromatic heterocycles. The van der Waals surface area contributed by atoms with Crippen LogP contribution in [0.5, 0.6) is 0 Å². The van der Waals surface area contributed by atoms with Crippen LogP contribution in [0.3, 0.4) is 0 Å². The minimum absolute atomic E-state index is 0.0523. The highest BCUT2D eigenvalue weighted by Crippen LogP contribution is 2.28. The van der Waals surface area contributed by atoms with Gasteiger partial charge in [-0.05, 0) is 43.3 Å².